The van der Waals surface area contributed by atoms with E-state index in [1.807, 2.05) is 25.1 Å². The minimum absolute atomic E-state index is 0.529. The number of hydrogen-bond donors (Lipinski definition) is 2. The number of rotatable bonds is 4. The van der Waals surface area contributed by atoms with E-state index in [0.29, 0.717) is 10.7 Å². The summed E-state index contributed by atoms with van der Waals surface area (Å²) in [6, 6.07) is 12.6. The lowest BCUT2D eigenvalue weighted by molar-refractivity contribution is 0.607. The number of nitrogens with one attached hydrogen (secondary N) is 2. The number of anilines is 3. The Balaban J connectivity index is 2.17. The van der Waals surface area contributed by atoms with Gasteiger partial charge in [-0.25, -0.2) is 8.42 Å². The molecule has 0 aliphatic heterocycles. The summed E-state index contributed by atoms with van der Waals surface area (Å²) in [4.78, 5) is 0. The molecule has 4 nitrogen and oxygen atoms in total. The third kappa shape index (κ3) is 4.15. The molecule has 0 saturated carbocycles. The van der Waals surface area contributed by atoms with Gasteiger partial charge in [0.2, 0.25) is 10.0 Å². The summed E-state index contributed by atoms with van der Waals surface area (Å²) in [6.45, 7) is 1.98. The minimum atomic E-state index is -3.25. The molecule has 0 unspecified atom stereocenters. The average molecular weight is 311 g/mol. The second-order valence-corrected chi connectivity index (χ2v) is 6.72. The highest BCUT2D eigenvalue weighted by Gasteiger charge is 2.03. The maximum absolute atomic E-state index is 11.1. The molecule has 0 fully saturated rings. The van der Waals surface area contributed by atoms with Crippen molar-refractivity contribution in [2.75, 3.05) is 16.3 Å². The van der Waals surface area contributed by atoms with Crippen LogP contribution in [0.25, 0.3) is 0 Å². The van der Waals surface area contributed by atoms with Crippen LogP contribution in [-0.2, 0) is 10.0 Å². The third-order valence-corrected chi connectivity index (χ3v) is 3.51. The second-order valence-electron chi connectivity index (χ2n) is 4.54. The zero-order valence-electron chi connectivity index (χ0n) is 11.1. The molecule has 2 N–H and O–H groups in total. The van der Waals surface area contributed by atoms with Gasteiger partial charge in [-0.15, -0.1) is 0 Å². The van der Waals surface area contributed by atoms with E-state index in [1.54, 1.807) is 24.3 Å². The van der Waals surface area contributed by atoms with Crippen LogP contribution >= 0.6 is 11.6 Å². The molecule has 0 saturated heterocycles. The first-order chi connectivity index (χ1) is 9.33. The highest BCUT2D eigenvalue weighted by molar-refractivity contribution is 7.92. The highest BCUT2D eigenvalue weighted by Crippen LogP contribution is 2.25. The molecule has 0 amide bonds. The summed E-state index contributed by atoms with van der Waals surface area (Å²) < 4.78 is 24.7. The van der Waals surface area contributed by atoms with Crippen molar-refractivity contribution in [2.24, 2.45) is 0 Å². The number of benzene rings is 2. The van der Waals surface area contributed by atoms with Crippen molar-refractivity contribution in [3.8, 4) is 0 Å². The van der Waals surface area contributed by atoms with Crippen LogP contribution in [-0.4, -0.2) is 14.7 Å². The SMILES string of the molecule is Cc1ccc(Cl)cc1Nc1ccc(NS(C)(=O)=O)cc1. The van der Waals surface area contributed by atoms with Crippen molar-refractivity contribution in [1.82, 2.24) is 0 Å². The quantitative estimate of drug-likeness (QED) is 0.904. The second kappa shape index (κ2) is 5.73. The molecule has 20 heavy (non-hydrogen) atoms. The van der Waals surface area contributed by atoms with E-state index >= 15 is 0 Å². The van der Waals surface area contributed by atoms with Gasteiger partial charge in [0.25, 0.3) is 0 Å². The van der Waals surface area contributed by atoms with Gasteiger partial charge in [-0.2, -0.15) is 0 Å². The van der Waals surface area contributed by atoms with Crippen molar-refractivity contribution in [3.05, 3.63) is 53.1 Å². The van der Waals surface area contributed by atoms with Crippen LogP contribution in [0.2, 0.25) is 5.02 Å². The molecule has 0 aliphatic carbocycles. The molecule has 0 bridgehead atoms. The van der Waals surface area contributed by atoms with E-state index < -0.39 is 10.0 Å². The fraction of sp³-hybridized carbons (Fsp3) is 0.143. The lowest BCUT2D eigenvalue weighted by Gasteiger charge is -2.11. The molecule has 2 aromatic carbocycles. The molecule has 0 aromatic heterocycles. The monoisotopic (exact) mass is 310 g/mol. The lowest BCUT2D eigenvalue weighted by Crippen LogP contribution is -2.09. The minimum Gasteiger partial charge on any atom is -0.355 e. The Bertz CT molecular complexity index is 712. The zero-order chi connectivity index (χ0) is 14.8. The topological polar surface area (TPSA) is 58.2 Å². The van der Waals surface area contributed by atoms with Gasteiger partial charge >= 0.3 is 0 Å². The predicted molar refractivity (Wildman–Crippen MR) is 84.4 cm³/mol. The van der Waals surface area contributed by atoms with Gasteiger partial charge < -0.3 is 5.32 Å². The van der Waals surface area contributed by atoms with E-state index in [9.17, 15) is 8.42 Å². The van der Waals surface area contributed by atoms with Crippen molar-refractivity contribution in [2.45, 2.75) is 6.92 Å². The largest absolute Gasteiger partial charge is 0.355 e. The first kappa shape index (κ1) is 14.7. The molecular weight excluding hydrogens is 296 g/mol. The third-order valence-electron chi connectivity index (χ3n) is 2.67. The van der Waals surface area contributed by atoms with Crippen molar-refractivity contribution in [3.63, 3.8) is 0 Å². The number of hydrogen-bond acceptors (Lipinski definition) is 3. The van der Waals surface area contributed by atoms with E-state index in [2.05, 4.69) is 10.0 Å². The first-order valence-corrected chi connectivity index (χ1v) is 8.21. The first-order valence-electron chi connectivity index (χ1n) is 5.94. The summed E-state index contributed by atoms with van der Waals surface area (Å²) in [7, 11) is -3.25. The van der Waals surface area contributed by atoms with Crippen LogP contribution in [0.5, 0.6) is 0 Å². The molecule has 0 spiro atoms. The summed E-state index contributed by atoms with van der Waals surface area (Å²) >= 11 is 5.96. The van der Waals surface area contributed by atoms with Crippen LogP contribution in [0.4, 0.5) is 17.1 Å². The molecule has 0 radical (unpaired) electrons. The molecule has 6 heteroatoms. The van der Waals surface area contributed by atoms with E-state index in [-0.39, 0.29) is 0 Å². The molecule has 0 heterocycles. The van der Waals surface area contributed by atoms with Gasteiger partial charge in [-0.1, -0.05) is 17.7 Å². The van der Waals surface area contributed by atoms with Crippen molar-refractivity contribution in [1.29, 1.82) is 0 Å². The fourth-order valence-electron chi connectivity index (χ4n) is 1.72. The van der Waals surface area contributed by atoms with Crippen LogP contribution in [0.15, 0.2) is 42.5 Å². The summed E-state index contributed by atoms with van der Waals surface area (Å²) in [5.41, 5.74) is 3.38. The van der Waals surface area contributed by atoms with E-state index in [4.69, 9.17) is 11.6 Å². The average Bonchev–Trinajstić information content (AvgIpc) is 2.34. The summed E-state index contributed by atoms with van der Waals surface area (Å²) in [5.74, 6) is 0. The Morgan fingerprint density at radius 3 is 2.20 bits per heavy atom. The Labute approximate surface area is 123 Å². The van der Waals surface area contributed by atoms with Crippen LogP contribution < -0.4 is 10.0 Å². The van der Waals surface area contributed by atoms with Crippen molar-refractivity contribution >= 4 is 38.7 Å². The van der Waals surface area contributed by atoms with E-state index in [0.717, 1.165) is 23.2 Å². The number of sulfonamides is 1. The highest BCUT2D eigenvalue weighted by atomic mass is 35.5. The Kier molecular flexibility index (Phi) is 4.20. The van der Waals surface area contributed by atoms with Gasteiger partial charge in [0.1, 0.15) is 0 Å². The van der Waals surface area contributed by atoms with Gasteiger partial charge in [0.05, 0.1) is 6.26 Å². The molecule has 0 aliphatic rings. The summed E-state index contributed by atoms with van der Waals surface area (Å²) in [6.07, 6.45) is 1.12. The van der Waals surface area contributed by atoms with Gasteiger partial charge in [0, 0.05) is 22.1 Å². The maximum Gasteiger partial charge on any atom is 0.229 e. The molecule has 106 valence electrons. The van der Waals surface area contributed by atoms with Gasteiger partial charge in [0.15, 0.2) is 0 Å². The predicted octanol–water partition coefficient (Wildman–Crippen LogP) is 3.76. The molecule has 2 aromatic rings. The van der Waals surface area contributed by atoms with E-state index in [1.165, 1.54) is 0 Å². The van der Waals surface area contributed by atoms with Gasteiger partial charge in [-0.05, 0) is 48.9 Å². The van der Waals surface area contributed by atoms with Crippen LogP contribution in [0, 0.1) is 6.92 Å². The molecule has 0 atom stereocenters. The lowest BCUT2D eigenvalue weighted by atomic mass is 10.2. The Morgan fingerprint density at radius 2 is 1.60 bits per heavy atom. The summed E-state index contributed by atoms with van der Waals surface area (Å²) in [5, 5.41) is 3.90. The fourth-order valence-corrected chi connectivity index (χ4v) is 2.46. The molecular formula is C14H15ClN2O2S. The maximum atomic E-state index is 11.1. The van der Waals surface area contributed by atoms with Crippen LogP contribution in [0.1, 0.15) is 5.56 Å². The normalized spacial score (nSPS) is 11.2. The Hall–Kier alpha value is -1.72. The molecule has 2 rings (SSSR count). The number of halogens is 1. The Morgan fingerprint density at radius 1 is 1.00 bits per heavy atom. The van der Waals surface area contributed by atoms with Gasteiger partial charge in [-0.3, -0.25) is 4.72 Å². The smallest absolute Gasteiger partial charge is 0.229 e. The van der Waals surface area contributed by atoms with Crippen LogP contribution in [0.3, 0.4) is 0 Å². The number of aryl methyl sites for hydroxylation is 1. The zero-order valence-corrected chi connectivity index (χ0v) is 12.7. The standard InChI is InChI=1S/C14H15ClN2O2S/c1-10-3-4-11(15)9-14(10)16-12-5-7-13(8-6-12)17-20(2,18)19/h3-9,16-17H,1-2H3. The van der Waals surface area contributed by atoms with Crippen molar-refractivity contribution < 1.29 is 8.42 Å².